The van der Waals surface area contributed by atoms with Crippen molar-refractivity contribution in [1.82, 2.24) is 20.6 Å². The smallest absolute Gasteiger partial charge is 0.224 e. The van der Waals surface area contributed by atoms with Crippen molar-refractivity contribution < 1.29 is 4.79 Å². The van der Waals surface area contributed by atoms with Crippen molar-refractivity contribution >= 4 is 23.2 Å². The van der Waals surface area contributed by atoms with Crippen LogP contribution in [0.3, 0.4) is 0 Å². The summed E-state index contributed by atoms with van der Waals surface area (Å²) in [6, 6.07) is 7.27. The first-order chi connectivity index (χ1) is 8.79. The number of hydrogen-bond acceptors (Lipinski definition) is 4. The summed E-state index contributed by atoms with van der Waals surface area (Å²) in [7, 11) is 0. The van der Waals surface area contributed by atoms with E-state index in [-0.39, 0.29) is 5.91 Å². The highest BCUT2D eigenvalue weighted by atomic mass is 35.5. The first kappa shape index (κ1) is 12.5. The molecule has 18 heavy (non-hydrogen) atoms. The maximum Gasteiger partial charge on any atom is 0.224 e. The Balaban J connectivity index is 2.06. The van der Waals surface area contributed by atoms with Gasteiger partial charge in [-0.3, -0.25) is 4.79 Å². The molecule has 0 fully saturated rings. The van der Waals surface area contributed by atoms with E-state index in [1.54, 1.807) is 6.07 Å². The highest BCUT2D eigenvalue weighted by Gasteiger charge is 2.05. The van der Waals surface area contributed by atoms with Gasteiger partial charge in [-0.25, -0.2) is 0 Å². The van der Waals surface area contributed by atoms with Crippen LogP contribution in [0.5, 0.6) is 0 Å². The Morgan fingerprint density at radius 2 is 2.33 bits per heavy atom. The molecule has 1 aromatic heterocycles. The van der Waals surface area contributed by atoms with E-state index in [0.29, 0.717) is 30.2 Å². The van der Waals surface area contributed by atoms with Crippen LogP contribution >= 0.6 is 11.6 Å². The summed E-state index contributed by atoms with van der Waals surface area (Å²) in [5.74, 6) is 0.920. The third-order valence-electron chi connectivity index (χ3n) is 2.29. The minimum absolute atomic E-state index is 0.0547. The Kier molecular flexibility index (Phi) is 4.25. The minimum atomic E-state index is -0.0547. The molecule has 7 heteroatoms. The Morgan fingerprint density at radius 3 is 3.06 bits per heavy atom. The molecule has 94 valence electrons. The quantitative estimate of drug-likeness (QED) is 0.808. The first-order valence-corrected chi connectivity index (χ1v) is 6.03. The van der Waals surface area contributed by atoms with Crippen LogP contribution in [-0.2, 0) is 4.79 Å². The average Bonchev–Trinajstić information content (AvgIpc) is 2.90. The predicted octanol–water partition coefficient (Wildman–Crippen LogP) is 1.82. The van der Waals surface area contributed by atoms with Crippen LogP contribution in [0.15, 0.2) is 24.3 Å². The molecule has 2 N–H and O–H groups in total. The molecule has 0 bridgehead atoms. The van der Waals surface area contributed by atoms with Crippen molar-refractivity contribution in [1.29, 1.82) is 0 Å². The highest BCUT2D eigenvalue weighted by Crippen LogP contribution is 2.18. The summed E-state index contributed by atoms with van der Waals surface area (Å²) in [6.07, 6.45) is 1.08. The van der Waals surface area contributed by atoms with Crippen LogP contribution in [0.2, 0.25) is 0 Å². The molecule has 1 heterocycles. The van der Waals surface area contributed by atoms with Crippen LogP contribution in [0.25, 0.3) is 11.4 Å². The third-order valence-corrected chi connectivity index (χ3v) is 2.55. The lowest BCUT2D eigenvalue weighted by Gasteiger charge is -2.05. The number of carbonyl (C=O) groups excluding carboxylic acids is 1. The van der Waals surface area contributed by atoms with E-state index in [0.717, 1.165) is 5.56 Å². The van der Waals surface area contributed by atoms with E-state index in [1.807, 2.05) is 18.2 Å². The number of tetrazole rings is 1. The molecular formula is C11H12ClN5O. The fourth-order valence-electron chi connectivity index (χ4n) is 1.47. The molecule has 2 aromatic rings. The number of nitrogens with zero attached hydrogens (tertiary/aromatic N) is 3. The monoisotopic (exact) mass is 265 g/mol. The molecule has 6 nitrogen and oxygen atoms in total. The van der Waals surface area contributed by atoms with E-state index in [2.05, 4.69) is 25.9 Å². The highest BCUT2D eigenvalue weighted by molar-refractivity contribution is 6.18. The number of alkyl halides is 1. The standard InChI is InChI=1S/C11H12ClN5O/c12-6-2-5-10(18)13-9-4-1-3-8(7-9)11-14-16-17-15-11/h1,3-4,7H,2,5-6H2,(H,13,18)(H,14,15,16,17). The Morgan fingerprint density at radius 1 is 1.44 bits per heavy atom. The Hall–Kier alpha value is -1.95. The number of H-pyrrole nitrogens is 1. The van der Waals surface area contributed by atoms with Gasteiger partial charge in [0.2, 0.25) is 11.7 Å². The molecule has 0 radical (unpaired) electrons. The first-order valence-electron chi connectivity index (χ1n) is 5.49. The maximum absolute atomic E-state index is 11.5. The zero-order valence-corrected chi connectivity index (χ0v) is 10.3. The van der Waals surface area contributed by atoms with Crippen molar-refractivity contribution in [3.63, 3.8) is 0 Å². The molecule has 0 unspecified atom stereocenters. The number of amides is 1. The number of aromatic nitrogens is 4. The average molecular weight is 266 g/mol. The molecule has 2 rings (SSSR count). The van der Waals surface area contributed by atoms with E-state index in [1.165, 1.54) is 0 Å². The van der Waals surface area contributed by atoms with Crippen molar-refractivity contribution in [2.45, 2.75) is 12.8 Å². The lowest BCUT2D eigenvalue weighted by Crippen LogP contribution is -2.11. The summed E-state index contributed by atoms with van der Waals surface area (Å²) in [5.41, 5.74) is 1.50. The third kappa shape index (κ3) is 3.27. The summed E-state index contributed by atoms with van der Waals surface area (Å²) < 4.78 is 0. The van der Waals surface area contributed by atoms with Crippen LogP contribution in [0.4, 0.5) is 5.69 Å². The zero-order chi connectivity index (χ0) is 12.8. The minimum Gasteiger partial charge on any atom is -0.326 e. The number of aromatic amines is 1. The molecule has 0 saturated heterocycles. The number of rotatable bonds is 5. The molecule has 0 saturated carbocycles. The van der Waals surface area contributed by atoms with E-state index in [4.69, 9.17) is 11.6 Å². The van der Waals surface area contributed by atoms with Crippen molar-refractivity contribution in [2.24, 2.45) is 0 Å². The number of benzene rings is 1. The van der Waals surface area contributed by atoms with Gasteiger partial charge in [-0.15, -0.1) is 21.8 Å². The largest absolute Gasteiger partial charge is 0.326 e. The van der Waals surface area contributed by atoms with Crippen LogP contribution in [-0.4, -0.2) is 32.4 Å². The fraction of sp³-hybridized carbons (Fsp3) is 0.273. The van der Waals surface area contributed by atoms with Gasteiger partial charge in [0.1, 0.15) is 0 Å². The van der Waals surface area contributed by atoms with E-state index >= 15 is 0 Å². The summed E-state index contributed by atoms with van der Waals surface area (Å²) in [4.78, 5) is 11.5. The molecular weight excluding hydrogens is 254 g/mol. The lowest BCUT2D eigenvalue weighted by atomic mass is 10.2. The van der Waals surface area contributed by atoms with Gasteiger partial charge in [0.15, 0.2) is 0 Å². The second kappa shape index (κ2) is 6.11. The number of carbonyl (C=O) groups is 1. The second-order valence-electron chi connectivity index (χ2n) is 3.66. The molecule has 0 aliphatic heterocycles. The Bertz CT molecular complexity index is 514. The van der Waals surface area contributed by atoms with Crippen molar-refractivity contribution in [3.05, 3.63) is 24.3 Å². The van der Waals surface area contributed by atoms with E-state index in [9.17, 15) is 4.79 Å². The van der Waals surface area contributed by atoms with Gasteiger partial charge in [0.05, 0.1) is 0 Å². The molecule has 0 aliphatic rings. The molecule has 0 atom stereocenters. The van der Waals surface area contributed by atoms with Gasteiger partial charge in [0, 0.05) is 23.6 Å². The van der Waals surface area contributed by atoms with Gasteiger partial charge in [0.25, 0.3) is 0 Å². The van der Waals surface area contributed by atoms with Gasteiger partial charge >= 0.3 is 0 Å². The molecule has 0 aliphatic carbocycles. The van der Waals surface area contributed by atoms with Crippen LogP contribution < -0.4 is 5.32 Å². The SMILES string of the molecule is O=C(CCCCl)Nc1cccc(-c2nn[nH]n2)c1. The number of hydrogen-bond donors (Lipinski definition) is 2. The van der Waals surface area contributed by atoms with Gasteiger partial charge in [-0.05, 0) is 23.8 Å². The lowest BCUT2D eigenvalue weighted by molar-refractivity contribution is -0.116. The number of halogens is 1. The summed E-state index contributed by atoms with van der Waals surface area (Å²) in [6.45, 7) is 0. The van der Waals surface area contributed by atoms with Gasteiger partial charge < -0.3 is 5.32 Å². The number of anilines is 1. The van der Waals surface area contributed by atoms with Gasteiger partial charge in [-0.2, -0.15) is 5.21 Å². The second-order valence-corrected chi connectivity index (χ2v) is 4.03. The van der Waals surface area contributed by atoms with Crippen molar-refractivity contribution in [2.75, 3.05) is 11.2 Å². The zero-order valence-electron chi connectivity index (χ0n) is 9.56. The predicted molar refractivity (Wildman–Crippen MR) is 68.2 cm³/mol. The summed E-state index contributed by atoms with van der Waals surface area (Å²) in [5, 5.41) is 16.4. The topological polar surface area (TPSA) is 83.6 Å². The Labute approximate surface area is 109 Å². The van der Waals surface area contributed by atoms with Crippen LogP contribution in [0, 0.1) is 0 Å². The fourth-order valence-corrected chi connectivity index (χ4v) is 1.60. The maximum atomic E-state index is 11.5. The normalized spacial score (nSPS) is 10.3. The number of nitrogens with one attached hydrogen (secondary N) is 2. The molecule has 1 aromatic carbocycles. The van der Waals surface area contributed by atoms with Crippen LogP contribution in [0.1, 0.15) is 12.8 Å². The summed E-state index contributed by atoms with van der Waals surface area (Å²) >= 11 is 5.53. The van der Waals surface area contributed by atoms with Gasteiger partial charge in [-0.1, -0.05) is 12.1 Å². The van der Waals surface area contributed by atoms with Crippen molar-refractivity contribution in [3.8, 4) is 11.4 Å². The van der Waals surface area contributed by atoms with E-state index < -0.39 is 0 Å². The molecule has 0 spiro atoms. The molecule has 1 amide bonds.